The summed E-state index contributed by atoms with van der Waals surface area (Å²) in [4.78, 5) is 25.2. The van der Waals surface area contributed by atoms with E-state index in [-0.39, 0.29) is 56.8 Å². The van der Waals surface area contributed by atoms with Gasteiger partial charge in [0.25, 0.3) is 0 Å². The lowest BCUT2D eigenvalue weighted by atomic mass is 9.33. The molecular formula is C42H69NO8. The number of nitrogens with one attached hydrogen (secondary N) is 1. The number of aliphatic carboxylic acids is 1. The van der Waals surface area contributed by atoms with E-state index in [1.807, 2.05) is 0 Å². The van der Waals surface area contributed by atoms with Gasteiger partial charge in [0.1, 0.15) is 18.3 Å². The van der Waals surface area contributed by atoms with E-state index in [0.29, 0.717) is 24.8 Å². The van der Waals surface area contributed by atoms with Gasteiger partial charge in [0.15, 0.2) is 6.29 Å². The number of rotatable bonds is 9. The molecule has 0 bridgehead atoms. The van der Waals surface area contributed by atoms with Crippen LogP contribution in [0.4, 0.5) is 0 Å². The second kappa shape index (κ2) is 13.6. The average molecular weight is 716 g/mol. The van der Waals surface area contributed by atoms with E-state index < -0.39 is 36.7 Å². The summed E-state index contributed by atoms with van der Waals surface area (Å²) in [6.45, 7) is 19.4. The molecule has 290 valence electrons. The molecule has 5 N–H and O–H groups in total. The van der Waals surface area contributed by atoms with E-state index in [4.69, 9.17) is 14.6 Å². The molecule has 0 aromatic heterocycles. The summed E-state index contributed by atoms with van der Waals surface area (Å²) in [7, 11) is 0. The molecule has 9 nitrogen and oxygen atoms in total. The van der Waals surface area contributed by atoms with Gasteiger partial charge in [-0.1, -0.05) is 66.5 Å². The lowest BCUT2D eigenvalue weighted by Crippen LogP contribution is -2.66. The molecule has 1 aliphatic heterocycles. The largest absolute Gasteiger partial charge is 0.481 e. The summed E-state index contributed by atoms with van der Waals surface area (Å²) in [5.74, 6) is 0.593. The summed E-state index contributed by atoms with van der Waals surface area (Å²) < 4.78 is 12.5. The number of aliphatic hydroxyl groups excluding tert-OH is 3. The Hall–Kier alpha value is -1.52. The van der Waals surface area contributed by atoms with Gasteiger partial charge in [-0.05, 0) is 129 Å². The predicted octanol–water partition coefficient (Wildman–Crippen LogP) is 6.76. The molecule has 0 unspecified atom stereocenters. The third-order valence-electron chi connectivity index (χ3n) is 16.5. The Bertz CT molecular complexity index is 1360. The SMILES string of the molecule is C[C@@H]1O[C@H](O[C@H]2CC[C@]3(C)[C@H]4CC=C5[C@@H]6CC(C)(C)CC[C@]6(C(=O)NCCCCCC(=O)O)CC[C@@]5(C)[C@]4(C)CC[C@H]3C2(C)C)[C@@H](O)[C@H](O)[C@@H]1O. The number of hydrogen-bond donors (Lipinski definition) is 5. The highest BCUT2D eigenvalue weighted by molar-refractivity contribution is 5.84. The summed E-state index contributed by atoms with van der Waals surface area (Å²) >= 11 is 0. The van der Waals surface area contributed by atoms with Crippen LogP contribution in [-0.2, 0) is 19.1 Å². The Kier molecular flexibility index (Phi) is 10.5. The minimum Gasteiger partial charge on any atom is -0.481 e. The molecule has 6 aliphatic rings. The molecule has 0 aromatic rings. The molecule has 9 heteroatoms. The highest BCUT2D eigenvalue weighted by Crippen LogP contribution is 2.76. The van der Waals surface area contributed by atoms with Crippen molar-refractivity contribution < 1.29 is 39.5 Å². The maximum Gasteiger partial charge on any atom is 0.303 e. The number of carboxylic acids is 1. The zero-order valence-electron chi connectivity index (χ0n) is 32.8. The van der Waals surface area contributed by atoms with Crippen LogP contribution >= 0.6 is 0 Å². The van der Waals surface area contributed by atoms with Gasteiger partial charge >= 0.3 is 5.97 Å². The Morgan fingerprint density at radius 3 is 2.27 bits per heavy atom. The second-order valence-electron chi connectivity index (χ2n) is 20.0. The van der Waals surface area contributed by atoms with Crippen molar-refractivity contribution in [2.24, 2.45) is 50.2 Å². The van der Waals surface area contributed by atoms with E-state index in [1.54, 1.807) is 12.5 Å². The Morgan fingerprint density at radius 2 is 1.57 bits per heavy atom. The number of aliphatic hydroxyl groups is 3. The lowest BCUT2D eigenvalue weighted by Gasteiger charge is -2.71. The Balaban J connectivity index is 1.23. The fourth-order valence-electron chi connectivity index (χ4n) is 13.1. The van der Waals surface area contributed by atoms with Crippen LogP contribution in [0.15, 0.2) is 11.6 Å². The van der Waals surface area contributed by atoms with Crippen molar-refractivity contribution in [3.05, 3.63) is 11.6 Å². The predicted molar refractivity (Wildman–Crippen MR) is 195 cm³/mol. The number of allylic oxidation sites excluding steroid dienone is 2. The molecular weight excluding hydrogens is 646 g/mol. The molecule has 5 fully saturated rings. The molecule has 0 spiro atoms. The van der Waals surface area contributed by atoms with E-state index in [9.17, 15) is 24.9 Å². The van der Waals surface area contributed by atoms with Crippen molar-refractivity contribution in [2.75, 3.05) is 6.54 Å². The average Bonchev–Trinajstić information content (AvgIpc) is 3.05. The Morgan fingerprint density at radius 1 is 0.863 bits per heavy atom. The van der Waals surface area contributed by atoms with Crippen LogP contribution in [0, 0.1) is 50.2 Å². The molecule has 1 amide bonds. The third kappa shape index (κ3) is 6.34. The number of carbonyl (C=O) groups is 2. The number of hydrogen-bond acceptors (Lipinski definition) is 7. The summed E-state index contributed by atoms with van der Waals surface area (Å²) in [6.07, 6.45) is 9.61. The van der Waals surface area contributed by atoms with Crippen LogP contribution in [0.5, 0.6) is 0 Å². The lowest BCUT2D eigenvalue weighted by molar-refractivity contribution is -0.324. The van der Waals surface area contributed by atoms with Gasteiger partial charge < -0.3 is 35.2 Å². The molecule has 5 aliphatic carbocycles. The number of amides is 1. The minimum absolute atomic E-state index is 0.00719. The first-order valence-corrected chi connectivity index (χ1v) is 20.3. The van der Waals surface area contributed by atoms with E-state index in [0.717, 1.165) is 77.0 Å². The van der Waals surface area contributed by atoms with Gasteiger partial charge in [0.05, 0.1) is 17.6 Å². The molecule has 6 rings (SSSR count). The van der Waals surface area contributed by atoms with Crippen LogP contribution in [0.3, 0.4) is 0 Å². The Labute approximate surface area is 306 Å². The van der Waals surface area contributed by atoms with Gasteiger partial charge in [-0.15, -0.1) is 0 Å². The smallest absolute Gasteiger partial charge is 0.303 e. The number of fused-ring (bicyclic) bond motifs is 7. The normalized spacial score (nSPS) is 47.1. The van der Waals surface area contributed by atoms with Gasteiger partial charge in [-0.3, -0.25) is 9.59 Å². The quantitative estimate of drug-likeness (QED) is 0.100. The zero-order chi connectivity index (χ0) is 37.4. The maximum atomic E-state index is 14.3. The van der Waals surface area contributed by atoms with Gasteiger partial charge in [0.2, 0.25) is 5.91 Å². The number of carbonyl (C=O) groups excluding carboxylic acids is 1. The highest BCUT2D eigenvalue weighted by atomic mass is 16.7. The molecule has 13 atom stereocenters. The van der Waals surface area contributed by atoms with Crippen LogP contribution in [0.2, 0.25) is 0 Å². The monoisotopic (exact) mass is 716 g/mol. The molecule has 1 saturated heterocycles. The summed E-state index contributed by atoms with van der Waals surface area (Å²) in [5.41, 5.74) is 1.36. The maximum absolute atomic E-state index is 14.3. The first-order chi connectivity index (χ1) is 23.7. The third-order valence-corrected chi connectivity index (χ3v) is 16.5. The minimum atomic E-state index is -1.31. The molecule has 0 aromatic carbocycles. The van der Waals surface area contributed by atoms with Gasteiger partial charge in [-0.25, -0.2) is 0 Å². The van der Waals surface area contributed by atoms with Crippen molar-refractivity contribution in [2.45, 2.75) is 182 Å². The van der Waals surface area contributed by atoms with Crippen molar-refractivity contribution in [3.63, 3.8) is 0 Å². The van der Waals surface area contributed by atoms with E-state index in [2.05, 4.69) is 59.9 Å². The molecule has 1 heterocycles. The van der Waals surface area contributed by atoms with Crippen molar-refractivity contribution in [1.82, 2.24) is 5.32 Å². The van der Waals surface area contributed by atoms with Crippen LogP contribution < -0.4 is 5.32 Å². The van der Waals surface area contributed by atoms with Crippen LogP contribution in [0.25, 0.3) is 0 Å². The van der Waals surface area contributed by atoms with E-state index in [1.165, 1.54) is 0 Å². The highest BCUT2D eigenvalue weighted by Gasteiger charge is 2.69. The van der Waals surface area contributed by atoms with Crippen LogP contribution in [0.1, 0.15) is 145 Å². The fraction of sp³-hybridized carbons (Fsp3) is 0.905. The van der Waals surface area contributed by atoms with Gasteiger partial charge in [-0.2, -0.15) is 0 Å². The summed E-state index contributed by atoms with van der Waals surface area (Å²) in [5, 5.41) is 43.8. The number of unbranched alkanes of at least 4 members (excludes halogenated alkanes) is 2. The second-order valence-corrected chi connectivity index (χ2v) is 20.0. The topological polar surface area (TPSA) is 146 Å². The zero-order valence-corrected chi connectivity index (χ0v) is 32.8. The first-order valence-electron chi connectivity index (χ1n) is 20.3. The first kappa shape index (κ1) is 39.2. The van der Waals surface area contributed by atoms with E-state index >= 15 is 0 Å². The van der Waals surface area contributed by atoms with Crippen molar-refractivity contribution >= 4 is 11.9 Å². The number of carboxylic acid groups (broad SMARTS) is 1. The van der Waals surface area contributed by atoms with Gasteiger partial charge in [0, 0.05) is 13.0 Å². The standard InChI is InChI=1S/C42H69NO8/c1-25-32(46)33(47)34(48)35(50-25)51-30-16-17-39(6)28(38(30,4)5)15-18-41(8)29(39)14-13-26-27-24-37(2,3)19-21-42(27,22-20-40(26,41)7)36(49)43-23-11-9-10-12-31(44)45/h13,25,27-30,32-35,46-48H,9-12,14-24H2,1-8H3,(H,43,49)(H,44,45)/t25-,27-,28-,29+,30-,32+,33+,34-,35+,39-,40+,41+,42-/m0/s1. The summed E-state index contributed by atoms with van der Waals surface area (Å²) in [6, 6.07) is 0. The fourth-order valence-corrected chi connectivity index (χ4v) is 13.1. The molecule has 4 saturated carbocycles. The van der Waals surface area contributed by atoms with Crippen LogP contribution in [-0.4, -0.2) is 75.7 Å². The van der Waals surface area contributed by atoms with Crippen molar-refractivity contribution in [1.29, 1.82) is 0 Å². The number of ether oxygens (including phenoxy) is 2. The molecule has 51 heavy (non-hydrogen) atoms. The van der Waals surface area contributed by atoms with Crippen molar-refractivity contribution in [3.8, 4) is 0 Å². The molecule has 0 radical (unpaired) electrons.